The standard InChI is InChI=1S/C22H24N4O2S/c1-16-7-5-6-10-19(16)21-24-26(22(29)28-21)15-25-13-11-17(12-14-25)20(27)23-18-8-3-2-4-9-18/h2-10,17H,11-15H2,1H3,(H,23,27). The first-order valence-electron chi connectivity index (χ1n) is 9.82. The molecular formula is C22H24N4O2S. The third kappa shape index (κ3) is 4.63. The summed E-state index contributed by atoms with van der Waals surface area (Å²) in [6, 6.07) is 17.6. The fourth-order valence-corrected chi connectivity index (χ4v) is 3.79. The predicted molar refractivity (Wildman–Crippen MR) is 115 cm³/mol. The number of aryl methyl sites for hydroxylation is 1. The second-order valence-corrected chi connectivity index (χ2v) is 7.73. The molecule has 1 fully saturated rings. The molecule has 0 saturated carbocycles. The molecule has 4 rings (SSSR count). The lowest BCUT2D eigenvalue weighted by Crippen LogP contribution is -2.39. The average molecular weight is 409 g/mol. The number of para-hydroxylation sites is 1. The van der Waals surface area contributed by atoms with E-state index in [-0.39, 0.29) is 11.8 Å². The number of piperidine rings is 1. The predicted octanol–water partition coefficient (Wildman–Crippen LogP) is 4.49. The van der Waals surface area contributed by atoms with Gasteiger partial charge in [-0.05, 0) is 55.7 Å². The van der Waals surface area contributed by atoms with Crippen LogP contribution in [-0.2, 0) is 11.5 Å². The van der Waals surface area contributed by atoms with E-state index in [4.69, 9.17) is 16.6 Å². The molecule has 0 bridgehead atoms. The van der Waals surface area contributed by atoms with Gasteiger partial charge >= 0.3 is 0 Å². The van der Waals surface area contributed by atoms with Crippen molar-refractivity contribution in [2.45, 2.75) is 26.4 Å². The molecular weight excluding hydrogens is 384 g/mol. The molecule has 1 aromatic heterocycles. The molecule has 3 aromatic rings. The Bertz CT molecular complexity index is 1040. The molecule has 7 heteroatoms. The summed E-state index contributed by atoms with van der Waals surface area (Å²) in [4.78, 5) is 15.1. The topological polar surface area (TPSA) is 63.3 Å². The number of nitrogens with zero attached hydrogens (tertiary/aromatic N) is 3. The van der Waals surface area contributed by atoms with Crippen molar-refractivity contribution in [3.05, 3.63) is 65.0 Å². The van der Waals surface area contributed by atoms with Crippen LogP contribution in [0.5, 0.6) is 0 Å². The largest absolute Gasteiger partial charge is 0.409 e. The number of carbonyl (C=O) groups is 1. The highest BCUT2D eigenvalue weighted by molar-refractivity contribution is 7.71. The van der Waals surface area contributed by atoms with Crippen molar-refractivity contribution in [2.75, 3.05) is 18.4 Å². The first-order chi connectivity index (χ1) is 14.1. The van der Waals surface area contributed by atoms with Crippen molar-refractivity contribution in [2.24, 2.45) is 5.92 Å². The molecule has 1 aliphatic heterocycles. The fourth-order valence-electron chi connectivity index (χ4n) is 3.61. The van der Waals surface area contributed by atoms with Gasteiger partial charge in [-0.2, -0.15) is 0 Å². The maximum Gasteiger partial charge on any atom is 0.288 e. The Hall–Kier alpha value is -2.77. The summed E-state index contributed by atoms with van der Waals surface area (Å²) in [5.41, 5.74) is 2.90. The number of nitrogens with one attached hydrogen (secondary N) is 1. The number of likely N-dealkylation sites (tertiary alicyclic amines) is 1. The van der Waals surface area contributed by atoms with E-state index >= 15 is 0 Å². The summed E-state index contributed by atoms with van der Waals surface area (Å²) < 4.78 is 7.45. The van der Waals surface area contributed by atoms with Crippen LogP contribution in [0.4, 0.5) is 5.69 Å². The van der Waals surface area contributed by atoms with Gasteiger partial charge < -0.3 is 9.73 Å². The number of hydrogen-bond acceptors (Lipinski definition) is 5. The minimum atomic E-state index is 0.0271. The first kappa shape index (κ1) is 19.5. The Morgan fingerprint density at radius 2 is 1.83 bits per heavy atom. The van der Waals surface area contributed by atoms with E-state index in [0.717, 1.165) is 42.7 Å². The third-order valence-corrected chi connectivity index (χ3v) is 5.61. The minimum Gasteiger partial charge on any atom is -0.409 e. The Balaban J connectivity index is 1.35. The van der Waals surface area contributed by atoms with E-state index in [9.17, 15) is 4.79 Å². The summed E-state index contributed by atoms with van der Waals surface area (Å²) in [5, 5.41) is 7.58. The van der Waals surface area contributed by atoms with Crippen LogP contribution in [0.3, 0.4) is 0 Å². The van der Waals surface area contributed by atoms with Crippen molar-refractivity contribution in [1.29, 1.82) is 0 Å². The lowest BCUT2D eigenvalue weighted by Gasteiger charge is -2.30. The fraction of sp³-hybridized carbons (Fsp3) is 0.318. The molecule has 0 aliphatic carbocycles. The van der Waals surface area contributed by atoms with Crippen LogP contribution in [0, 0.1) is 17.7 Å². The summed E-state index contributed by atoms with van der Waals surface area (Å²) in [7, 11) is 0. The maximum absolute atomic E-state index is 12.5. The van der Waals surface area contributed by atoms with E-state index in [1.165, 1.54) is 0 Å². The van der Waals surface area contributed by atoms with Crippen molar-refractivity contribution < 1.29 is 9.21 Å². The van der Waals surface area contributed by atoms with Gasteiger partial charge in [-0.15, -0.1) is 5.10 Å². The number of benzene rings is 2. The summed E-state index contributed by atoms with van der Waals surface area (Å²) in [6.07, 6.45) is 1.63. The zero-order chi connectivity index (χ0) is 20.2. The number of amides is 1. The second kappa shape index (κ2) is 8.71. The Morgan fingerprint density at radius 1 is 1.14 bits per heavy atom. The van der Waals surface area contributed by atoms with Crippen molar-refractivity contribution in [3.8, 4) is 11.5 Å². The van der Waals surface area contributed by atoms with Crippen LogP contribution >= 0.6 is 12.2 Å². The molecule has 0 atom stereocenters. The van der Waals surface area contributed by atoms with Gasteiger partial charge in [0.2, 0.25) is 11.8 Å². The number of carbonyl (C=O) groups excluding carboxylic acids is 1. The van der Waals surface area contributed by atoms with Gasteiger partial charge in [0.25, 0.3) is 4.84 Å². The highest BCUT2D eigenvalue weighted by Crippen LogP contribution is 2.23. The Kier molecular flexibility index (Phi) is 5.87. The lowest BCUT2D eigenvalue weighted by atomic mass is 9.96. The quantitative estimate of drug-likeness (QED) is 0.630. The van der Waals surface area contributed by atoms with E-state index in [1.54, 1.807) is 4.68 Å². The van der Waals surface area contributed by atoms with Gasteiger partial charge in [0, 0.05) is 30.3 Å². The molecule has 6 nitrogen and oxygen atoms in total. The zero-order valence-corrected chi connectivity index (χ0v) is 17.2. The molecule has 0 unspecified atom stereocenters. The Labute approximate surface area is 175 Å². The number of anilines is 1. The molecule has 29 heavy (non-hydrogen) atoms. The van der Waals surface area contributed by atoms with E-state index in [2.05, 4.69) is 15.3 Å². The normalized spacial score (nSPS) is 15.3. The lowest BCUT2D eigenvalue weighted by molar-refractivity contribution is -0.121. The zero-order valence-electron chi connectivity index (χ0n) is 16.4. The van der Waals surface area contributed by atoms with Gasteiger partial charge in [-0.25, -0.2) is 4.68 Å². The second-order valence-electron chi connectivity index (χ2n) is 7.38. The van der Waals surface area contributed by atoms with Crippen molar-refractivity contribution in [3.63, 3.8) is 0 Å². The summed E-state index contributed by atoms with van der Waals surface area (Å²) in [6.45, 7) is 4.24. The average Bonchev–Trinajstić information content (AvgIpc) is 3.09. The molecule has 1 aliphatic rings. The van der Waals surface area contributed by atoms with Crippen molar-refractivity contribution in [1.82, 2.24) is 14.7 Å². The smallest absolute Gasteiger partial charge is 0.288 e. The highest BCUT2D eigenvalue weighted by Gasteiger charge is 2.25. The molecule has 2 heterocycles. The minimum absolute atomic E-state index is 0.0271. The van der Waals surface area contributed by atoms with E-state index in [0.29, 0.717) is 17.4 Å². The molecule has 1 amide bonds. The summed E-state index contributed by atoms with van der Waals surface area (Å²) in [5.74, 6) is 0.667. The molecule has 150 valence electrons. The molecule has 0 spiro atoms. The van der Waals surface area contributed by atoms with Crippen LogP contribution < -0.4 is 5.32 Å². The molecule has 2 aromatic carbocycles. The molecule has 1 N–H and O–H groups in total. The van der Waals surface area contributed by atoms with Gasteiger partial charge in [0.1, 0.15) is 0 Å². The monoisotopic (exact) mass is 408 g/mol. The van der Waals surface area contributed by atoms with Crippen LogP contribution in [0.15, 0.2) is 59.0 Å². The highest BCUT2D eigenvalue weighted by atomic mass is 32.1. The van der Waals surface area contributed by atoms with Crippen LogP contribution in [0.1, 0.15) is 18.4 Å². The number of aromatic nitrogens is 2. The van der Waals surface area contributed by atoms with Crippen LogP contribution in [0.2, 0.25) is 0 Å². The first-order valence-corrected chi connectivity index (χ1v) is 10.2. The van der Waals surface area contributed by atoms with Gasteiger partial charge in [-0.1, -0.05) is 36.4 Å². The maximum atomic E-state index is 12.5. The van der Waals surface area contributed by atoms with Gasteiger partial charge in [0.15, 0.2) is 0 Å². The van der Waals surface area contributed by atoms with Gasteiger partial charge in [-0.3, -0.25) is 9.69 Å². The van der Waals surface area contributed by atoms with E-state index in [1.807, 2.05) is 61.5 Å². The van der Waals surface area contributed by atoms with Crippen LogP contribution in [0.25, 0.3) is 11.5 Å². The number of rotatable bonds is 5. The Morgan fingerprint density at radius 3 is 2.55 bits per heavy atom. The SMILES string of the molecule is Cc1ccccc1-c1nn(CN2CCC(C(=O)Nc3ccccc3)CC2)c(=S)o1. The van der Waals surface area contributed by atoms with Crippen LogP contribution in [-0.4, -0.2) is 33.7 Å². The summed E-state index contributed by atoms with van der Waals surface area (Å²) >= 11 is 5.37. The van der Waals surface area contributed by atoms with E-state index < -0.39 is 0 Å². The van der Waals surface area contributed by atoms with Crippen molar-refractivity contribution >= 4 is 23.8 Å². The van der Waals surface area contributed by atoms with Gasteiger partial charge in [0.05, 0.1) is 6.67 Å². The molecule has 1 saturated heterocycles. The molecule has 0 radical (unpaired) electrons. The number of hydrogen-bond donors (Lipinski definition) is 1. The third-order valence-electron chi connectivity index (χ3n) is 5.32.